The third-order valence-corrected chi connectivity index (χ3v) is 7.19. The number of nitrogens with one attached hydrogen (secondary N) is 3. The molecule has 0 bridgehead atoms. The van der Waals surface area contributed by atoms with E-state index < -0.39 is 48.0 Å². The Kier molecular flexibility index (Phi) is 9.73. The van der Waals surface area contributed by atoms with Crippen LogP contribution in [0.1, 0.15) is 39.9 Å². The summed E-state index contributed by atoms with van der Waals surface area (Å²) in [6, 6.07) is 7.93. The number of hydrogen-bond donors (Lipinski definition) is 3. The Morgan fingerprint density at radius 1 is 1.02 bits per heavy atom. The van der Waals surface area contributed by atoms with Crippen LogP contribution in [-0.4, -0.2) is 44.6 Å². The molecule has 10 nitrogen and oxygen atoms in total. The van der Waals surface area contributed by atoms with E-state index in [-0.39, 0.29) is 52.5 Å². The second-order valence-electron chi connectivity index (χ2n) is 10.2. The molecule has 0 aliphatic heterocycles. The lowest BCUT2D eigenvalue weighted by atomic mass is 9.99. The van der Waals surface area contributed by atoms with Crippen LogP contribution in [0.15, 0.2) is 59.9 Å². The molecule has 4 rings (SSSR count). The SMILES string of the molecule is C=CC(=O)Nc1cc(C(=O)NCC(F)F)ccc1-c1c(CC)nc2n(CC(=O)Nc3ccc(C(F)(F)F)cc3)c(C)c(C)n2c1=O. The van der Waals surface area contributed by atoms with Gasteiger partial charge in [0.05, 0.1) is 23.4 Å². The summed E-state index contributed by atoms with van der Waals surface area (Å²) in [5, 5.41) is 7.19. The van der Waals surface area contributed by atoms with E-state index in [2.05, 4.69) is 27.5 Å². The fourth-order valence-corrected chi connectivity index (χ4v) is 4.81. The fourth-order valence-electron chi connectivity index (χ4n) is 4.81. The summed E-state index contributed by atoms with van der Waals surface area (Å²) in [6.07, 6.45) is -6.09. The quantitative estimate of drug-likeness (QED) is 0.163. The normalized spacial score (nSPS) is 11.5. The highest BCUT2D eigenvalue weighted by molar-refractivity contribution is 6.04. The van der Waals surface area contributed by atoms with Crippen LogP contribution >= 0.6 is 0 Å². The molecule has 0 atom stereocenters. The Hall–Kier alpha value is -5.34. The van der Waals surface area contributed by atoms with Crippen molar-refractivity contribution < 1.29 is 36.3 Å². The van der Waals surface area contributed by atoms with Crippen LogP contribution in [0.2, 0.25) is 0 Å². The molecule has 0 fully saturated rings. The highest BCUT2D eigenvalue weighted by atomic mass is 19.4. The summed E-state index contributed by atoms with van der Waals surface area (Å²) in [6.45, 7) is 7.26. The molecule has 2 aromatic carbocycles. The number of carbonyl (C=O) groups is 3. The van der Waals surface area contributed by atoms with Gasteiger partial charge in [0.15, 0.2) is 0 Å². The lowest BCUT2D eigenvalue weighted by Crippen LogP contribution is -2.28. The molecule has 0 spiro atoms. The Labute approximate surface area is 258 Å². The van der Waals surface area contributed by atoms with E-state index in [1.807, 2.05) is 0 Å². The molecule has 15 heteroatoms. The number of alkyl halides is 5. The number of fused-ring (bicyclic) bond motifs is 1. The molecule has 3 amide bonds. The molecular formula is C31H29F5N6O4. The van der Waals surface area contributed by atoms with E-state index in [0.29, 0.717) is 11.4 Å². The lowest BCUT2D eigenvalue weighted by Gasteiger charge is -2.15. The van der Waals surface area contributed by atoms with E-state index in [9.17, 15) is 41.1 Å². The maximum atomic E-state index is 14.1. The third kappa shape index (κ3) is 6.98. The number of imidazole rings is 1. The van der Waals surface area contributed by atoms with Crippen molar-refractivity contribution in [3.63, 3.8) is 0 Å². The van der Waals surface area contributed by atoms with Gasteiger partial charge in [-0.15, -0.1) is 0 Å². The van der Waals surface area contributed by atoms with Gasteiger partial charge in [-0.1, -0.05) is 19.6 Å². The molecular weight excluding hydrogens is 615 g/mol. The van der Waals surface area contributed by atoms with Crippen molar-refractivity contribution in [2.45, 2.75) is 46.3 Å². The van der Waals surface area contributed by atoms with Crippen LogP contribution in [0.5, 0.6) is 0 Å². The van der Waals surface area contributed by atoms with Crippen LogP contribution in [0.25, 0.3) is 16.9 Å². The summed E-state index contributed by atoms with van der Waals surface area (Å²) in [5.41, 5.74) is 0.256. The molecule has 2 aromatic heterocycles. The van der Waals surface area contributed by atoms with Crippen molar-refractivity contribution in [2.24, 2.45) is 0 Å². The number of nitrogens with zero attached hydrogens (tertiary/aromatic N) is 3. The van der Waals surface area contributed by atoms with Crippen LogP contribution in [0.4, 0.5) is 33.3 Å². The van der Waals surface area contributed by atoms with Crippen LogP contribution in [0, 0.1) is 13.8 Å². The number of aromatic nitrogens is 3. The maximum absolute atomic E-state index is 14.1. The molecule has 4 aromatic rings. The zero-order valence-electron chi connectivity index (χ0n) is 24.9. The third-order valence-electron chi connectivity index (χ3n) is 7.19. The predicted octanol–water partition coefficient (Wildman–Crippen LogP) is 5.12. The molecule has 0 unspecified atom stereocenters. The summed E-state index contributed by atoms with van der Waals surface area (Å²) in [5.74, 6) is -1.93. The minimum Gasteiger partial charge on any atom is -0.346 e. The smallest absolute Gasteiger partial charge is 0.346 e. The first-order valence-electron chi connectivity index (χ1n) is 13.9. The maximum Gasteiger partial charge on any atom is 0.416 e. The second kappa shape index (κ2) is 13.3. The first kappa shape index (κ1) is 33.6. The number of anilines is 2. The summed E-state index contributed by atoms with van der Waals surface area (Å²) in [7, 11) is 0. The minimum atomic E-state index is -4.53. The van der Waals surface area contributed by atoms with E-state index >= 15 is 0 Å². The van der Waals surface area contributed by atoms with Gasteiger partial charge in [0.1, 0.15) is 6.54 Å². The van der Waals surface area contributed by atoms with E-state index in [0.717, 1.165) is 30.3 Å². The van der Waals surface area contributed by atoms with Gasteiger partial charge in [0.25, 0.3) is 17.9 Å². The molecule has 0 aliphatic carbocycles. The average molecular weight is 645 g/mol. The van der Waals surface area contributed by atoms with Gasteiger partial charge in [-0.25, -0.2) is 18.2 Å². The van der Waals surface area contributed by atoms with Crippen LogP contribution in [-0.2, 0) is 28.7 Å². The Balaban J connectivity index is 1.77. The zero-order chi connectivity index (χ0) is 33.9. The van der Waals surface area contributed by atoms with E-state index in [1.165, 1.54) is 27.2 Å². The van der Waals surface area contributed by atoms with Gasteiger partial charge in [-0.2, -0.15) is 13.2 Å². The Bertz CT molecular complexity index is 1890. The molecule has 46 heavy (non-hydrogen) atoms. The van der Waals surface area contributed by atoms with Crippen LogP contribution in [0.3, 0.4) is 0 Å². The van der Waals surface area contributed by atoms with Crippen molar-refractivity contribution in [3.05, 3.63) is 93.7 Å². The number of halogens is 5. The zero-order valence-corrected chi connectivity index (χ0v) is 24.9. The number of rotatable bonds is 10. The minimum absolute atomic E-state index is 0.0351. The number of aryl methyl sites for hydroxylation is 2. The van der Waals surface area contributed by atoms with Crippen molar-refractivity contribution >= 4 is 34.9 Å². The fraction of sp³-hybridized carbons (Fsp3) is 0.258. The van der Waals surface area contributed by atoms with Gasteiger partial charge in [0, 0.05) is 33.9 Å². The van der Waals surface area contributed by atoms with Gasteiger partial charge in [-0.3, -0.25) is 19.2 Å². The predicted molar refractivity (Wildman–Crippen MR) is 161 cm³/mol. The molecule has 2 heterocycles. The van der Waals surface area contributed by atoms with Crippen molar-refractivity contribution in [1.82, 2.24) is 19.3 Å². The first-order valence-corrected chi connectivity index (χ1v) is 13.9. The molecule has 242 valence electrons. The standard InChI is InChI=1S/C31H29F5N6O4/c1-5-22-27(21-12-7-18(28(45)37-14-24(32)33)13-23(21)39-25(43)6-2)29(46)42-17(4)16(3)41(30(42)40-22)15-26(44)38-20-10-8-19(9-11-20)31(34,35)36/h6-13,24H,2,5,14-15H2,1,3-4H3,(H,37,45)(H,38,44)(H,39,43). The average Bonchev–Trinajstić information content (AvgIpc) is 3.24. The monoisotopic (exact) mass is 644 g/mol. The van der Waals surface area contributed by atoms with Gasteiger partial charge in [0.2, 0.25) is 17.6 Å². The molecule has 0 radical (unpaired) electrons. The molecule has 0 saturated heterocycles. The van der Waals surface area contributed by atoms with Gasteiger partial charge >= 0.3 is 6.18 Å². The van der Waals surface area contributed by atoms with Crippen molar-refractivity contribution in [1.29, 1.82) is 0 Å². The Morgan fingerprint density at radius 3 is 2.28 bits per heavy atom. The highest BCUT2D eigenvalue weighted by Gasteiger charge is 2.30. The number of carbonyl (C=O) groups excluding carboxylic acids is 3. The summed E-state index contributed by atoms with van der Waals surface area (Å²) in [4.78, 5) is 56.5. The van der Waals surface area contributed by atoms with E-state index in [4.69, 9.17) is 0 Å². The molecule has 3 N–H and O–H groups in total. The number of amides is 3. The highest BCUT2D eigenvalue weighted by Crippen LogP contribution is 2.31. The van der Waals surface area contributed by atoms with Gasteiger partial charge < -0.3 is 20.5 Å². The van der Waals surface area contributed by atoms with Crippen LogP contribution < -0.4 is 21.5 Å². The largest absolute Gasteiger partial charge is 0.416 e. The molecule has 0 aliphatic rings. The van der Waals surface area contributed by atoms with Crippen molar-refractivity contribution in [2.75, 3.05) is 17.2 Å². The summed E-state index contributed by atoms with van der Waals surface area (Å²) < 4.78 is 66.8. The number of hydrogen-bond acceptors (Lipinski definition) is 5. The summed E-state index contributed by atoms with van der Waals surface area (Å²) >= 11 is 0. The lowest BCUT2D eigenvalue weighted by molar-refractivity contribution is -0.137. The topological polar surface area (TPSA) is 127 Å². The number of benzene rings is 2. The van der Waals surface area contributed by atoms with Crippen molar-refractivity contribution in [3.8, 4) is 11.1 Å². The molecule has 0 saturated carbocycles. The van der Waals surface area contributed by atoms with E-state index in [1.54, 1.807) is 20.8 Å². The first-order chi connectivity index (χ1) is 21.7. The second-order valence-corrected chi connectivity index (χ2v) is 10.2. The van der Waals surface area contributed by atoms with Gasteiger partial charge in [-0.05, 0) is 62.7 Å². The Morgan fingerprint density at radius 2 is 1.70 bits per heavy atom.